The van der Waals surface area contributed by atoms with Crippen LogP contribution < -0.4 is 5.32 Å². The van der Waals surface area contributed by atoms with E-state index >= 15 is 0 Å². The van der Waals surface area contributed by atoms with Crippen LogP contribution >= 0.6 is 0 Å². The Morgan fingerprint density at radius 1 is 1.21 bits per heavy atom. The van der Waals surface area contributed by atoms with Gasteiger partial charge in [-0.3, -0.25) is 24.3 Å². The van der Waals surface area contributed by atoms with Crippen molar-refractivity contribution in [3.05, 3.63) is 53.5 Å². The molecule has 2 atom stereocenters. The molecule has 182 valence electrons. The molecule has 0 saturated carbocycles. The largest absolute Gasteiger partial charge is 0.378 e. The first-order valence-corrected chi connectivity index (χ1v) is 12.2. The summed E-state index contributed by atoms with van der Waals surface area (Å²) in [4.78, 5) is 9.38. The zero-order valence-electron chi connectivity index (χ0n) is 20.2. The molecule has 2 aliphatic heterocycles. The number of halogens is 2. The quantitative estimate of drug-likeness (QED) is 0.510. The van der Waals surface area contributed by atoms with E-state index in [1.165, 1.54) is 11.1 Å². The first kappa shape index (κ1) is 23.2. The lowest BCUT2D eigenvalue weighted by atomic mass is 9.78. The van der Waals surface area contributed by atoms with Crippen molar-refractivity contribution in [2.45, 2.75) is 57.4 Å². The molecule has 0 aliphatic carbocycles. The summed E-state index contributed by atoms with van der Waals surface area (Å²) in [6, 6.07) is 8.56. The fraction of sp³-hybridized carbons (Fsp3) is 0.538. The summed E-state index contributed by atoms with van der Waals surface area (Å²) in [5, 5.41) is 12.0. The average molecular weight is 469 g/mol. The molecule has 8 heteroatoms. The van der Waals surface area contributed by atoms with Crippen molar-refractivity contribution in [1.82, 2.24) is 25.0 Å². The van der Waals surface area contributed by atoms with Crippen LogP contribution in [0, 0.1) is 0 Å². The highest BCUT2D eigenvalue weighted by Crippen LogP contribution is 2.44. The highest BCUT2D eigenvalue weighted by atomic mass is 19.1. The molecule has 2 aliphatic rings. The van der Waals surface area contributed by atoms with Crippen LogP contribution in [0.3, 0.4) is 0 Å². The third-order valence-electron chi connectivity index (χ3n) is 7.22. The number of likely N-dealkylation sites (tertiary alicyclic amines) is 1. The van der Waals surface area contributed by atoms with Gasteiger partial charge in [-0.2, -0.15) is 5.10 Å². The number of aromatic nitrogens is 3. The molecule has 1 unspecified atom stereocenters. The van der Waals surface area contributed by atoms with Crippen LogP contribution in [-0.2, 0) is 6.42 Å². The molecule has 6 nitrogen and oxygen atoms in total. The fourth-order valence-electron chi connectivity index (χ4n) is 5.56. The van der Waals surface area contributed by atoms with Gasteiger partial charge in [-0.1, -0.05) is 6.07 Å². The molecule has 1 fully saturated rings. The Morgan fingerprint density at radius 3 is 2.74 bits per heavy atom. The van der Waals surface area contributed by atoms with E-state index in [-0.39, 0.29) is 18.3 Å². The van der Waals surface area contributed by atoms with Crippen molar-refractivity contribution in [2.75, 3.05) is 38.2 Å². The Labute approximate surface area is 199 Å². The summed E-state index contributed by atoms with van der Waals surface area (Å²) in [5.41, 5.74) is 5.11. The van der Waals surface area contributed by atoms with E-state index in [0.29, 0.717) is 19.0 Å². The van der Waals surface area contributed by atoms with Gasteiger partial charge in [-0.25, -0.2) is 4.39 Å². The first-order valence-electron chi connectivity index (χ1n) is 12.2. The van der Waals surface area contributed by atoms with Crippen molar-refractivity contribution in [1.29, 1.82) is 0 Å². The predicted molar refractivity (Wildman–Crippen MR) is 132 cm³/mol. The monoisotopic (exact) mass is 468 g/mol. The number of hydrogen-bond donors (Lipinski definition) is 2. The van der Waals surface area contributed by atoms with E-state index in [4.69, 9.17) is 4.98 Å². The summed E-state index contributed by atoms with van der Waals surface area (Å²) >= 11 is 0. The maximum Gasteiger partial charge on any atom is 0.110 e. The number of aromatic amines is 1. The lowest BCUT2D eigenvalue weighted by molar-refractivity contribution is 0.0471. The molecule has 3 aromatic rings. The lowest BCUT2D eigenvalue weighted by Gasteiger charge is -2.49. The number of anilines is 1. The van der Waals surface area contributed by atoms with Gasteiger partial charge in [0.25, 0.3) is 0 Å². The molecule has 2 N–H and O–H groups in total. The van der Waals surface area contributed by atoms with Gasteiger partial charge in [-0.15, -0.1) is 0 Å². The minimum absolute atomic E-state index is 0.134. The van der Waals surface area contributed by atoms with E-state index in [2.05, 4.69) is 63.4 Å². The molecule has 2 aromatic heterocycles. The molecule has 0 spiro atoms. The highest BCUT2D eigenvalue weighted by molar-refractivity contribution is 5.83. The second-order valence-electron chi connectivity index (χ2n) is 10.4. The summed E-state index contributed by atoms with van der Waals surface area (Å²) in [6.07, 6.45) is 4.25. The van der Waals surface area contributed by atoms with Crippen LogP contribution in [0.2, 0.25) is 0 Å². The summed E-state index contributed by atoms with van der Waals surface area (Å²) in [7, 11) is 0. The Balaban J connectivity index is 1.42. The van der Waals surface area contributed by atoms with Crippen LogP contribution in [0.5, 0.6) is 0 Å². The predicted octanol–water partition coefficient (Wildman–Crippen LogP) is 4.50. The Morgan fingerprint density at radius 2 is 2.03 bits per heavy atom. The van der Waals surface area contributed by atoms with E-state index in [1.807, 2.05) is 12.4 Å². The zero-order valence-corrected chi connectivity index (χ0v) is 20.2. The number of H-pyrrole nitrogens is 1. The van der Waals surface area contributed by atoms with Gasteiger partial charge in [0, 0.05) is 37.1 Å². The average Bonchev–Trinajstić information content (AvgIpc) is 3.25. The second kappa shape index (κ2) is 9.23. The molecule has 1 aromatic carbocycles. The van der Waals surface area contributed by atoms with E-state index in [0.717, 1.165) is 48.3 Å². The minimum Gasteiger partial charge on any atom is -0.378 e. The van der Waals surface area contributed by atoms with Crippen molar-refractivity contribution >= 4 is 16.6 Å². The number of benzene rings is 1. The second-order valence-corrected chi connectivity index (χ2v) is 10.4. The smallest absolute Gasteiger partial charge is 0.110 e. The van der Waals surface area contributed by atoms with Gasteiger partial charge in [0.1, 0.15) is 6.17 Å². The third kappa shape index (κ3) is 4.41. The van der Waals surface area contributed by atoms with E-state index < -0.39 is 6.17 Å². The summed E-state index contributed by atoms with van der Waals surface area (Å²) < 4.78 is 26.7. The number of nitrogens with zero attached hydrogens (tertiary/aromatic N) is 4. The third-order valence-corrected chi connectivity index (χ3v) is 7.22. The molecule has 1 saturated heterocycles. The Hall–Kier alpha value is -2.58. The van der Waals surface area contributed by atoms with Crippen LogP contribution in [0.15, 0.2) is 36.7 Å². The maximum absolute atomic E-state index is 14.3. The molecular weight excluding hydrogens is 434 g/mol. The molecule has 5 rings (SSSR count). The van der Waals surface area contributed by atoms with Crippen LogP contribution in [-0.4, -0.2) is 75.6 Å². The molecule has 34 heavy (non-hydrogen) atoms. The summed E-state index contributed by atoms with van der Waals surface area (Å²) in [5.74, 6) is 0. The van der Waals surface area contributed by atoms with Crippen LogP contribution in [0.1, 0.15) is 50.1 Å². The molecular formula is C26H34F2N6. The first-order chi connectivity index (χ1) is 16.4. The number of rotatable bonds is 8. The van der Waals surface area contributed by atoms with E-state index in [9.17, 15) is 8.78 Å². The van der Waals surface area contributed by atoms with Gasteiger partial charge < -0.3 is 5.32 Å². The van der Waals surface area contributed by atoms with Crippen molar-refractivity contribution in [2.24, 2.45) is 0 Å². The van der Waals surface area contributed by atoms with Gasteiger partial charge in [-0.05, 0) is 62.9 Å². The molecule has 4 heterocycles. The lowest BCUT2D eigenvalue weighted by Crippen LogP contribution is -2.54. The van der Waals surface area contributed by atoms with Crippen LogP contribution in [0.4, 0.5) is 14.5 Å². The Kier molecular flexibility index (Phi) is 6.29. The number of pyridine rings is 1. The molecule has 0 bridgehead atoms. The normalized spacial score (nSPS) is 21.9. The Bertz CT molecular complexity index is 1120. The highest BCUT2D eigenvalue weighted by Gasteiger charge is 2.42. The minimum atomic E-state index is -0.944. The maximum atomic E-state index is 14.3. The van der Waals surface area contributed by atoms with E-state index in [1.54, 1.807) is 6.92 Å². The van der Waals surface area contributed by atoms with Crippen molar-refractivity contribution in [3.8, 4) is 0 Å². The topological polar surface area (TPSA) is 60.1 Å². The van der Waals surface area contributed by atoms with Crippen molar-refractivity contribution in [3.63, 3.8) is 0 Å². The number of alkyl halides is 2. The van der Waals surface area contributed by atoms with Crippen molar-refractivity contribution < 1.29 is 8.78 Å². The van der Waals surface area contributed by atoms with Gasteiger partial charge in [0.2, 0.25) is 0 Å². The standard InChI is InChI=1S/C26H34F2N6/c1-17(28)14-34-25(20-6-8-23-22(13-30-32-23)21(20)11-26(34,2)3)24-7-5-18(12-29-24)31-19-15-33(16-19)10-4-9-27/h5-8,12-13,17,19,25,31H,4,9-11,14-16H2,1-3H3,(H,30,32)/t17?,25-/m0/s1. The summed E-state index contributed by atoms with van der Waals surface area (Å²) in [6.45, 7) is 8.75. The number of nitrogens with one attached hydrogen (secondary N) is 2. The molecule has 0 radical (unpaired) electrons. The number of hydrogen-bond acceptors (Lipinski definition) is 5. The fourth-order valence-corrected chi connectivity index (χ4v) is 5.56. The van der Waals surface area contributed by atoms with Gasteiger partial charge in [0.05, 0.1) is 48.0 Å². The van der Waals surface area contributed by atoms with Gasteiger partial charge >= 0.3 is 0 Å². The van der Waals surface area contributed by atoms with Gasteiger partial charge in [0.15, 0.2) is 0 Å². The number of fused-ring (bicyclic) bond motifs is 3. The van der Waals surface area contributed by atoms with Crippen LogP contribution in [0.25, 0.3) is 10.9 Å². The zero-order chi connectivity index (χ0) is 23.9. The SMILES string of the molecule is CC(F)CN1[C@H](c2ccc(NC3CN(CCCF)C3)cn2)c2ccc3[nH]ncc3c2CC1(C)C. The molecule has 0 amide bonds.